The predicted molar refractivity (Wildman–Crippen MR) is 95.2 cm³/mol. The first-order valence-corrected chi connectivity index (χ1v) is 8.07. The number of benzene rings is 2. The lowest BCUT2D eigenvalue weighted by Crippen LogP contribution is -2.21. The molecule has 1 atom stereocenters. The van der Waals surface area contributed by atoms with Crippen LogP contribution in [0.1, 0.15) is 30.4 Å². The van der Waals surface area contributed by atoms with Crippen LogP contribution < -0.4 is 5.32 Å². The molecule has 0 fully saturated rings. The number of hydrogen-bond donors (Lipinski definition) is 1. The van der Waals surface area contributed by atoms with Crippen LogP contribution in [0.15, 0.2) is 48.5 Å². The van der Waals surface area contributed by atoms with Crippen molar-refractivity contribution in [3.63, 3.8) is 0 Å². The molecule has 1 amide bonds. The molecule has 0 aromatic heterocycles. The molecule has 0 aliphatic heterocycles. The minimum Gasteiger partial charge on any atom is -0.456 e. The number of nitriles is 1. The van der Waals surface area contributed by atoms with Gasteiger partial charge in [-0.25, -0.2) is 0 Å². The highest BCUT2D eigenvalue weighted by Gasteiger charge is 2.14. The molecule has 0 saturated carbocycles. The van der Waals surface area contributed by atoms with Crippen LogP contribution in [-0.2, 0) is 14.3 Å². The molecule has 0 unspecified atom stereocenters. The van der Waals surface area contributed by atoms with E-state index in [1.165, 1.54) is 12.1 Å². The molecule has 6 heteroatoms. The average Bonchev–Trinajstić information content (AvgIpc) is 2.61. The number of nitrogens with one attached hydrogen (secondary N) is 1. The van der Waals surface area contributed by atoms with Crippen LogP contribution in [0.4, 0.5) is 5.69 Å². The summed E-state index contributed by atoms with van der Waals surface area (Å²) in [7, 11) is 0. The van der Waals surface area contributed by atoms with Crippen molar-refractivity contribution in [3.8, 4) is 6.07 Å². The van der Waals surface area contributed by atoms with Crippen molar-refractivity contribution in [2.24, 2.45) is 0 Å². The maximum atomic E-state index is 11.9. The Balaban J connectivity index is 1.80. The molecule has 0 radical (unpaired) electrons. The fourth-order valence-corrected chi connectivity index (χ4v) is 2.46. The van der Waals surface area contributed by atoms with E-state index in [1.54, 1.807) is 6.07 Å². The number of esters is 1. The van der Waals surface area contributed by atoms with E-state index in [1.807, 2.05) is 43.3 Å². The van der Waals surface area contributed by atoms with Crippen molar-refractivity contribution in [2.45, 2.75) is 19.3 Å². The van der Waals surface area contributed by atoms with E-state index in [4.69, 9.17) is 21.6 Å². The number of hydrogen-bond acceptors (Lipinski definition) is 4. The number of carbonyl (C=O) groups is 2. The van der Waals surface area contributed by atoms with Crippen molar-refractivity contribution in [1.29, 1.82) is 5.26 Å². The van der Waals surface area contributed by atoms with Gasteiger partial charge in [0.15, 0.2) is 6.61 Å². The number of amides is 1. The van der Waals surface area contributed by atoms with E-state index >= 15 is 0 Å². The summed E-state index contributed by atoms with van der Waals surface area (Å²) in [6, 6.07) is 16.1. The standard InChI is InChI=1S/C19H17ClN2O3/c1-13(14-5-3-2-4-6-14)9-19(24)25-12-18(23)22-16-8-7-15(11-21)17(20)10-16/h2-8,10,13H,9,12H2,1H3,(H,22,23)/t13-/m0/s1. The monoisotopic (exact) mass is 356 g/mol. The molecular formula is C19H17ClN2O3. The zero-order valence-electron chi connectivity index (χ0n) is 13.7. The topological polar surface area (TPSA) is 79.2 Å². The van der Waals surface area contributed by atoms with Gasteiger partial charge in [-0.3, -0.25) is 9.59 Å². The van der Waals surface area contributed by atoms with E-state index in [0.717, 1.165) is 5.56 Å². The van der Waals surface area contributed by atoms with E-state index in [-0.39, 0.29) is 24.0 Å². The van der Waals surface area contributed by atoms with Gasteiger partial charge in [-0.1, -0.05) is 48.9 Å². The Labute approximate surface area is 151 Å². The lowest BCUT2D eigenvalue weighted by molar-refractivity contribution is -0.147. The van der Waals surface area contributed by atoms with Gasteiger partial charge in [-0.15, -0.1) is 0 Å². The Hall–Kier alpha value is -2.84. The summed E-state index contributed by atoms with van der Waals surface area (Å²) in [5.41, 5.74) is 1.79. The van der Waals surface area contributed by atoms with Crippen LogP contribution >= 0.6 is 11.6 Å². The number of halogens is 1. The van der Waals surface area contributed by atoms with Gasteiger partial charge >= 0.3 is 5.97 Å². The maximum Gasteiger partial charge on any atom is 0.306 e. The molecule has 0 aliphatic carbocycles. The average molecular weight is 357 g/mol. The Morgan fingerprint density at radius 2 is 1.96 bits per heavy atom. The van der Waals surface area contributed by atoms with Gasteiger partial charge in [0.05, 0.1) is 17.0 Å². The van der Waals surface area contributed by atoms with E-state index in [0.29, 0.717) is 11.3 Å². The first-order chi connectivity index (χ1) is 12.0. The molecule has 5 nitrogen and oxygen atoms in total. The zero-order chi connectivity index (χ0) is 18.2. The van der Waals surface area contributed by atoms with Crippen LogP contribution in [0, 0.1) is 11.3 Å². The van der Waals surface area contributed by atoms with Gasteiger partial charge in [0.2, 0.25) is 0 Å². The summed E-state index contributed by atoms with van der Waals surface area (Å²) in [6.07, 6.45) is 0.194. The lowest BCUT2D eigenvalue weighted by atomic mass is 9.98. The summed E-state index contributed by atoms with van der Waals surface area (Å²) in [4.78, 5) is 23.7. The molecule has 2 rings (SSSR count). The Kier molecular flexibility index (Phi) is 6.55. The second kappa shape index (κ2) is 8.86. The Morgan fingerprint density at radius 1 is 1.24 bits per heavy atom. The third-order valence-electron chi connectivity index (χ3n) is 3.58. The molecule has 0 aliphatic rings. The highest BCUT2D eigenvalue weighted by Crippen LogP contribution is 2.20. The van der Waals surface area contributed by atoms with Crippen molar-refractivity contribution in [2.75, 3.05) is 11.9 Å². The summed E-state index contributed by atoms with van der Waals surface area (Å²) in [6.45, 7) is 1.55. The fraction of sp³-hybridized carbons (Fsp3) is 0.211. The number of rotatable bonds is 6. The minimum atomic E-state index is -0.471. The summed E-state index contributed by atoms with van der Waals surface area (Å²) in [5.74, 6) is -0.903. The summed E-state index contributed by atoms with van der Waals surface area (Å²) < 4.78 is 5.01. The molecule has 128 valence electrons. The molecule has 1 N–H and O–H groups in total. The zero-order valence-corrected chi connectivity index (χ0v) is 14.4. The summed E-state index contributed by atoms with van der Waals surface area (Å²) >= 11 is 5.90. The molecule has 0 saturated heterocycles. The number of anilines is 1. The van der Waals surface area contributed by atoms with Crippen LogP contribution in [0.25, 0.3) is 0 Å². The van der Waals surface area contributed by atoms with Gasteiger partial charge in [0.25, 0.3) is 5.91 Å². The van der Waals surface area contributed by atoms with Gasteiger partial charge in [-0.05, 0) is 29.7 Å². The van der Waals surface area contributed by atoms with Gasteiger partial charge in [0.1, 0.15) is 6.07 Å². The molecule has 2 aromatic rings. The smallest absolute Gasteiger partial charge is 0.306 e. The second-order valence-electron chi connectivity index (χ2n) is 5.53. The van der Waals surface area contributed by atoms with Gasteiger partial charge in [0, 0.05) is 5.69 Å². The molecular weight excluding hydrogens is 340 g/mol. The third-order valence-corrected chi connectivity index (χ3v) is 3.89. The summed E-state index contributed by atoms with van der Waals surface area (Å²) in [5, 5.41) is 11.6. The van der Waals surface area contributed by atoms with Crippen LogP contribution in [0.3, 0.4) is 0 Å². The predicted octanol–water partition coefficient (Wildman–Crippen LogP) is 3.89. The maximum absolute atomic E-state index is 11.9. The normalized spacial score (nSPS) is 11.2. The molecule has 25 heavy (non-hydrogen) atoms. The SMILES string of the molecule is C[C@@H](CC(=O)OCC(=O)Nc1ccc(C#N)c(Cl)c1)c1ccccc1. The fourth-order valence-electron chi connectivity index (χ4n) is 2.23. The first-order valence-electron chi connectivity index (χ1n) is 7.69. The molecule has 0 spiro atoms. The number of ether oxygens (including phenoxy) is 1. The Bertz CT molecular complexity index is 800. The highest BCUT2D eigenvalue weighted by atomic mass is 35.5. The van der Waals surface area contributed by atoms with Crippen LogP contribution in [0.2, 0.25) is 5.02 Å². The third kappa shape index (κ3) is 5.63. The van der Waals surface area contributed by atoms with Crippen molar-refractivity contribution >= 4 is 29.2 Å². The molecule has 0 bridgehead atoms. The minimum absolute atomic E-state index is 0.00842. The van der Waals surface area contributed by atoms with E-state index in [2.05, 4.69) is 5.32 Å². The van der Waals surface area contributed by atoms with Crippen molar-refractivity contribution in [3.05, 3.63) is 64.7 Å². The first kappa shape index (κ1) is 18.5. The Morgan fingerprint density at radius 3 is 2.60 bits per heavy atom. The number of nitrogens with zero attached hydrogens (tertiary/aromatic N) is 1. The largest absolute Gasteiger partial charge is 0.456 e. The van der Waals surface area contributed by atoms with Crippen LogP contribution in [0.5, 0.6) is 0 Å². The number of carbonyl (C=O) groups excluding carboxylic acids is 2. The van der Waals surface area contributed by atoms with Gasteiger partial charge < -0.3 is 10.1 Å². The highest BCUT2D eigenvalue weighted by molar-refractivity contribution is 6.32. The van der Waals surface area contributed by atoms with Crippen molar-refractivity contribution < 1.29 is 14.3 Å². The van der Waals surface area contributed by atoms with Crippen molar-refractivity contribution in [1.82, 2.24) is 0 Å². The van der Waals surface area contributed by atoms with E-state index in [9.17, 15) is 9.59 Å². The van der Waals surface area contributed by atoms with Crippen LogP contribution in [-0.4, -0.2) is 18.5 Å². The van der Waals surface area contributed by atoms with E-state index < -0.39 is 11.9 Å². The second-order valence-corrected chi connectivity index (χ2v) is 5.94. The van der Waals surface area contributed by atoms with Gasteiger partial charge in [-0.2, -0.15) is 5.26 Å². The lowest BCUT2D eigenvalue weighted by Gasteiger charge is -2.11. The molecule has 2 aromatic carbocycles. The molecule has 0 heterocycles. The quantitative estimate of drug-likeness (QED) is 0.796.